The van der Waals surface area contributed by atoms with E-state index in [9.17, 15) is 4.79 Å². The number of carbonyl (C=O) groups is 1. The maximum atomic E-state index is 12.8. The Kier molecular flexibility index (Phi) is 8.16. The number of aliphatic carboxylic acids is 1. The second-order valence-electron chi connectivity index (χ2n) is 8.22. The molecule has 0 spiro atoms. The lowest BCUT2D eigenvalue weighted by atomic mass is 10.0. The Morgan fingerprint density at radius 3 is 2.67 bits per heavy atom. The molecular weight excluding hydrogens is 508 g/mol. The standard InChI is InChI=1S/C23H22N8O4.C2H4O2/c1-33-17-10-14(9-15-11-34-12-35-20(15)17)19(27-16-6-4-13(5-7-16)21(24)25)22-28-23(32)31(30-22)18-3-2-8-26-29-18;1-2(3)4/h2-10,19,27H,11-12H2,1H3,(H3,24,25)(H,28,30,32);1H3,(H,3,4). The number of carboxylic acid groups (broad SMARTS) is 1. The van der Waals surface area contributed by atoms with E-state index in [1.165, 1.54) is 6.20 Å². The van der Waals surface area contributed by atoms with E-state index in [0.29, 0.717) is 29.5 Å². The van der Waals surface area contributed by atoms with E-state index in [1.807, 2.05) is 12.1 Å². The number of rotatable bonds is 7. The molecule has 0 radical (unpaired) electrons. The lowest BCUT2D eigenvalue weighted by Gasteiger charge is -2.24. The van der Waals surface area contributed by atoms with Crippen molar-refractivity contribution in [3.05, 3.63) is 87.7 Å². The highest BCUT2D eigenvalue weighted by Gasteiger charge is 2.25. The number of fused-ring (bicyclic) bond motifs is 1. The van der Waals surface area contributed by atoms with E-state index in [-0.39, 0.29) is 18.4 Å². The summed E-state index contributed by atoms with van der Waals surface area (Å²) < 4.78 is 17.8. The van der Waals surface area contributed by atoms with Crippen LogP contribution in [0.25, 0.3) is 5.82 Å². The molecule has 2 aromatic carbocycles. The molecule has 0 saturated carbocycles. The highest BCUT2D eigenvalue weighted by atomic mass is 16.7. The maximum Gasteiger partial charge on any atom is 0.349 e. The van der Waals surface area contributed by atoms with Crippen molar-refractivity contribution in [3.63, 3.8) is 0 Å². The van der Waals surface area contributed by atoms with Crippen molar-refractivity contribution >= 4 is 17.5 Å². The minimum Gasteiger partial charge on any atom is -0.493 e. The van der Waals surface area contributed by atoms with Gasteiger partial charge in [-0.3, -0.25) is 15.2 Å². The zero-order chi connectivity index (χ0) is 27.9. The molecule has 0 saturated heterocycles. The molecule has 1 unspecified atom stereocenters. The topological polar surface area (TPSA) is 203 Å². The zero-order valence-corrected chi connectivity index (χ0v) is 21.0. The third-order valence-corrected chi connectivity index (χ3v) is 5.44. The number of nitrogens with one attached hydrogen (secondary N) is 3. The van der Waals surface area contributed by atoms with Crippen LogP contribution in [0.15, 0.2) is 59.5 Å². The molecule has 39 heavy (non-hydrogen) atoms. The quantitative estimate of drug-likeness (QED) is 0.171. The Hall–Kier alpha value is -5.24. The minimum absolute atomic E-state index is 0.0282. The maximum absolute atomic E-state index is 12.8. The number of carboxylic acids is 1. The number of amidine groups is 1. The summed E-state index contributed by atoms with van der Waals surface area (Å²) in [6.45, 7) is 1.58. The van der Waals surface area contributed by atoms with Crippen molar-refractivity contribution in [2.75, 3.05) is 19.2 Å². The van der Waals surface area contributed by atoms with Crippen LogP contribution in [0.4, 0.5) is 5.69 Å². The average Bonchev–Trinajstić information content (AvgIpc) is 3.32. The van der Waals surface area contributed by atoms with E-state index in [1.54, 1.807) is 43.5 Å². The first-order valence-electron chi connectivity index (χ1n) is 11.6. The van der Waals surface area contributed by atoms with Gasteiger partial charge in [-0.2, -0.15) is 9.78 Å². The number of nitrogen functional groups attached to an aromatic ring is 1. The first kappa shape index (κ1) is 26.8. The normalized spacial score (nSPS) is 12.7. The molecule has 1 aliphatic rings. The second kappa shape index (κ2) is 11.9. The number of nitrogens with zero attached hydrogens (tertiary/aromatic N) is 4. The molecule has 3 heterocycles. The Balaban J connectivity index is 0.000000826. The Bertz CT molecular complexity index is 1500. The van der Waals surface area contributed by atoms with E-state index in [2.05, 4.69) is 25.6 Å². The molecule has 0 fully saturated rings. The van der Waals surface area contributed by atoms with Gasteiger partial charge in [0.05, 0.1) is 13.7 Å². The molecule has 0 aliphatic carbocycles. The van der Waals surface area contributed by atoms with Crippen molar-refractivity contribution in [2.24, 2.45) is 5.73 Å². The monoisotopic (exact) mass is 534 g/mol. The third-order valence-electron chi connectivity index (χ3n) is 5.44. The fraction of sp³-hybridized carbons (Fsp3) is 0.200. The number of H-pyrrole nitrogens is 1. The summed E-state index contributed by atoms with van der Waals surface area (Å²) in [7, 11) is 1.56. The summed E-state index contributed by atoms with van der Waals surface area (Å²) in [5.74, 6) is 0.922. The van der Waals surface area contributed by atoms with Gasteiger partial charge >= 0.3 is 5.69 Å². The number of nitrogens with two attached hydrogens (primary N) is 1. The number of aromatic amines is 1. The molecule has 1 atom stereocenters. The van der Waals surface area contributed by atoms with Gasteiger partial charge in [0.2, 0.25) is 0 Å². The summed E-state index contributed by atoms with van der Waals surface area (Å²) >= 11 is 0. The SMILES string of the molecule is CC(=O)O.COc1cc(C(Nc2ccc(C(=N)N)cc2)c2nn(-c3cccnn3)c(=O)[nH]2)cc2c1OCOC2. The lowest BCUT2D eigenvalue weighted by Crippen LogP contribution is -2.18. The number of hydrogen-bond acceptors (Lipinski definition) is 10. The van der Waals surface area contributed by atoms with Crippen LogP contribution in [-0.4, -0.2) is 55.8 Å². The molecule has 6 N–H and O–H groups in total. The van der Waals surface area contributed by atoms with Gasteiger partial charge in [0.15, 0.2) is 29.9 Å². The average molecular weight is 535 g/mol. The van der Waals surface area contributed by atoms with E-state index < -0.39 is 17.7 Å². The molecule has 0 bridgehead atoms. The highest BCUT2D eigenvalue weighted by Crippen LogP contribution is 2.38. The predicted octanol–water partition coefficient (Wildman–Crippen LogP) is 1.80. The van der Waals surface area contributed by atoms with Gasteiger partial charge in [-0.05, 0) is 54.1 Å². The molecule has 2 aromatic heterocycles. The van der Waals surface area contributed by atoms with Crippen LogP contribution in [0.5, 0.6) is 11.5 Å². The van der Waals surface area contributed by atoms with Crippen LogP contribution in [0.3, 0.4) is 0 Å². The smallest absolute Gasteiger partial charge is 0.349 e. The first-order valence-corrected chi connectivity index (χ1v) is 11.6. The van der Waals surface area contributed by atoms with E-state index in [4.69, 9.17) is 35.3 Å². The van der Waals surface area contributed by atoms with Crippen LogP contribution in [0.1, 0.15) is 35.5 Å². The molecule has 0 amide bonds. The van der Waals surface area contributed by atoms with Gasteiger partial charge < -0.3 is 30.4 Å². The van der Waals surface area contributed by atoms with Gasteiger partial charge in [0.1, 0.15) is 11.9 Å². The molecular formula is C25H26N8O6. The number of anilines is 1. The largest absolute Gasteiger partial charge is 0.493 e. The summed E-state index contributed by atoms with van der Waals surface area (Å²) in [6, 6.07) is 13.5. The molecule has 1 aliphatic heterocycles. The summed E-state index contributed by atoms with van der Waals surface area (Å²) in [5, 5.41) is 30.7. The molecule has 4 aromatic rings. The number of benzene rings is 2. The summed E-state index contributed by atoms with van der Waals surface area (Å²) in [6.07, 6.45) is 1.51. The lowest BCUT2D eigenvalue weighted by molar-refractivity contribution is -0.134. The van der Waals surface area contributed by atoms with Crippen LogP contribution in [0, 0.1) is 5.41 Å². The van der Waals surface area contributed by atoms with Crippen molar-refractivity contribution in [2.45, 2.75) is 19.6 Å². The Morgan fingerprint density at radius 1 is 1.28 bits per heavy atom. The highest BCUT2D eigenvalue weighted by molar-refractivity contribution is 5.95. The number of hydrogen-bond donors (Lipinski definition) is 5. The van der Waals surface area contributed by atoms with Crippen molar-refractivity contribution in [3.8, 4) is 17.3 Å². The first-order chi connectivity index (χ1) is 18.8. The fourth-order valence-corrected chi connectivity index (χ4v) is 3.78. The van der Waals surface area contributed by atoms with Crippen LogP contribution < -0.4 is 26.2 Å². The van der Waals surface area contributed by atoms with Gasteiger partial charge in [-0.25, -0.2) is 4.79 Å². The number of methoxy groups -OCH3 is 1. The Morgan fingerprint density at radius 2 is 2.03 bits per heavy atom. The molecule has 202 valence electrons. The predicted molar refractivity (Wildman–Crippen MR) is 139 cm³/mol. The van der Waals surface area contributed by atoms with Crippen molar-refractivity contribution in [1.29, 1.82) is 5.41 Å². The van der Waals surface area contributed by atoms with Gasteiger partial charge in [0.25, 0.3) is 5.97 Å². The minimum atomic E-state index is -0.833. The van der Waals surface area contributed by atoms with Crippen molar-refractivity contribution < 1.29 is 24.1 Å². The molecule has 5 rings (SSSR count). The third kappa shape index (κ3) is 6.37. The van der Waals surface area contributed by atoms with Crippen LogP contribution >= 0.6 is 0 Å². The van der Waals surface area contributed by atoms with Crippen LogP contribution in [0.2, 0.25) is 0 Å². The summed E-state index contributed by atoms with van der Waals surface area (Å²) in [5.41, 5.74) is 7.99. The van der Waals surface area contributed by atoms with Crippen LogP contribution in [-0.2, 0) is 16.1 Å². The second-order valence-corrected chi connectivity index (χ2v) is 8.22. The van der Waals surface area contributed by atoms with Crippen molar-refractivity contribution in [1.82, 2.24) is 25.0 Å². The van der Waals surface area contributed by atoms with E-state index >= 15 is 0 Å². The number of ether oxygens (including phenoxy) is 3. The van der Waals surface area contributed by atoms with Gasteiger partial charge in [-0.15, -0.1) is 10.2 Å². The van der Waals surface area contributed by atoms with Gasteiger partial charge in [0, 0.05) is 29.9 Å². The number of aromatic nitrogens is 5. The summed E-state index contributed by atoms with van der Waals surface area (Å²) in [4.78, 5) is 24.6. The molecule has 14 nitrogen and oxygen atoms in total. The Labute approximate surface area is 221 Å². The molecule has 14 heteroatoms. The van der Waals surface area contributed by atoms with E-state index in [0.717, 1.165) is 28.4 Å². The van der Waals surface area contributed by atoms with Gasteiger partial charge in [-0.1, -0.05) is 0 Å². The fourth-order valence-electron chi connectivity index (χ4n) is 3.78. The zero-order valence-electron chi connectivity index (χ0n) is 21.0.